The maximum absolute atomic E-state index is 12.3. The maximum Gasteiger partial charge on any atom is 0.410 e. The number of ether oxygens (including phenoxy) is 1. The fraction of sp³-hybridized carbons (Fsp3) is 0.632. The average molecular weight is 318 g/mol. The van der Waals surface area contributed by atoms with E-state index >= 15 is 0 Å². The number of aryl methyl sites for hydroxylation is 1. The summed E-state index contributed by atoms with van der Waals surface area (Å²) in [5, 5.41) is 0. The summed E-state index contributed by atoms with van der Waals surface area (Å²) in [4.78, 5) is 14.2. The molecule has 23 heavy (non-hydrogen) atoms. The van der Waals surface area contributed by atoms with E-state index in [0.29, 0.717) is 18.4 Å². The van der Waals surface area contributed by atoms with Gasteiger partial charge in [0.2, 0.25) is 0 Å². The van der Waals surface area contributed by atoms with Gasteiger partial charge < -0.3 is 15.4 Å². The smallest absolute Gasteiger partial charge is 0.410 e. The SMILES string of the molecule is Cc1cccc(C(CN)C2CCCN(C(=O)OC(C)(C)C)C2)c1. The Morgan fingerprint density at radius 3 is 2.78 bits per heavy atom. The molecule has 2 atom stereocenters. The van der Waals surface area contributed by atoms with Crippen LogP contribution in [0.25, 0.3) is 0 Å². The van der Waals surface area contributed by atoms with Gasteiger partial charge in [0.25, 0.3) is 0 Å². The van der Waals surface area contributed by atoms with Gasteiger partial charge in [-0.3, -0.25) is 0 Å². The highest BCUT2D eigenvalue weighted by Crippen LogP contribution is 2.32. The molecule has 1 aliphatic rings. The van der Waals surface area contributed by atoms with Crippen LogP contribution in [0.1, 0.15) is 50.7 Å². The molecule has 0 radical (unpaired) electrons. The van der Waals surface area contributed by atoms with Crippen LogP contribution in [-0.4, -0.2) is 36.2 Å². The third-order valence-electron chi connectivity index (χ3n) is 4.40. The molecule has 0 aliphatic carbocycles. The van der Waals surface area contributed by atoms with E-state index in [1.165, 1.54) is 11.1 Å². The quantitative estimate of drug-likeness (QED) is 0.925. The Labute approximate surface area is 140 Å². The van der Waals surface area contributed by atoms with Gasteiger partial charge in [-0.15, -0.1) is 0 Å². The van der Waals surface area contributed by atoms with Gasteiger partial charge in [-0.05, 0) is 58.6 Å². The fourth-order valence-electron chi connectivity index (χ4n) is 3.33. The van der Waals surface area contributed by atoms with Crippen LogP contribution in [-0.2, 0) is 4.74 Å². The first-order valence-electron chi connectivity index (χ1n) is 8.54. The Morgan fingerprint density at radius 2 is 2.17 bits per heavy atom. The van der Waals surface area contributed by atoms with Crippen molar-refractivity contribution >= 4 is 6.09 Å². The molecule has 1 aromatic rings. The van der Waals surface area contributed by atoms with Crippen LogP contribution in [0.2, 0.25) is 0 Å². The van der Waals surface area contributed by atoms with Crippen molar-refractivity contribution in [3.05, 3.63) is 35.4 Å². The summed E-state index contributed by atoms with van der Waals surface area (Å²) in [5.74, 6) is 0.684. The number of carbonyl (C=O) groups is 1. The number of amides is 1. The van der Waals surface area contributed by atoms with Crippen LogP contribution in [0, 0.1) is 12.8 Å². The summed E-state index contributed by atoms with van der Waals surface area (Å²) in [6.45, 7) is 9.92. The molecule has 0 bridgehead atoms. The van der Waals surface area contributed by atoms with Crippen molar-refractivity contribution in [3.8, 4) is 0 Å². The summed E-state index contributed by atoms with van der Waals surface area (Å²) in [6.07, 6.45) is 1.91. The van der Waals surface area contributed by atoms with Crippen LogP contribution >= 0.6 is 0 Å². The van der Waals surface area contributed by atoms with Gasteiger partial charge in [-0.1, -0.05) is 29.8 Å². The van der Waals surface area contributed by atoms with Crippen LogP contribution in [0.5, 0.6) is 0 Å². The van der Waals surface area contributed by atoms with Gasteiger partial charge in [0, 0.05) is 19.0 Å². The first kappa shape index (κ1) is 17.8. The molecule has 1 aliphatic heterocycles. The zero-order chi connectivity index (χ0) is 17.0. The number of hydrogen-bond acceptors (Lipinski definition) is 3. The van der Waals surface area contributed by atoms with E-state index in [-0.39, 0.29) is 6.09 Å². The molecule has 0 aromatic heterocycles. The number of piperidine rings is 1. The van der Waals surface area contributed by atoms with Gasteiger partial charge in [0.1, 0.15) is 5.60 Å². The molecule has 1 heterocycles. The highest BCUT2D eigenvalue weighted by atomic mass is 16.6. The minimum atomic E-state index is -0.451. The molecule has 128 valence electrons. The van der Waals surface area contributed by atoms with E-state index < -0.39 is 5.60 Å². The molecule has 4 nitrogen and oxygen atoms in total. The van der Waals surface area contributed by atoms with E-state index in [9.17, 15) is 4.79 Å². The van der Waals surface area contributed by atoms with Gasteiger partial charge in [-0.2, -0.15) is 0 Å². The number of rotatable bonds is 3. The molecule has 0 saturated carbocycles. The normalized spacial score (nSPS) is 20.2. The minimum absolute atomic E-state index is 0.206. The molecular formula is C19H30N2O2. The van der Waals surface area contributed by atoms with Gasteiger partial charge >= 0.3 is 6.09 Å². The summed E-state index contributed by atoms with van der Waals surface area (Å²) >= 11 is 0. The summed E-state index contributed by atoms with van der Waals surface area (Å²) in [7, 11) is 0. The van der Waals surface area contributed by atoms with Crippen LogP contribution in [0.4, 0.5) is 4.79 Å². The predicted octanol–water partition coefficient (Wildman–Crippen LogP) is 3.68. The fourth-order valence-corrected chi connectivity index (χ4v) is 3.33. The highest BCUT2D eigenvalue weighted by Gasteiger charge is 2.31. The lowest BCUT2D eigenvalue weighted by molar-refractivity contribution is 0.0152. The average Bonchev–Trinajstić information content (AvgIpc) is 2.47. The Morgan fingerprint density at radius 1 is 1.43 bits per heavy atom. The number of hydrogen-bond donors (Lipinski definition) is 1. The lowest BCUT2D eigenvalue weighted by Crippen LogP contribution is -2.45. The van der Waals surface area contributed by atoms with Crippen molar-refractivity contribution in [1.29, 1.82) is 0 Å². The van der Waals surface area contributed by atoms with Crippen LogP contribution < -0.4 is 5.73 Å². The van der Waals surface area contributed by atoms with E-state index in [1.54, 1.807) is 0 Å². The third-order valence-corrected chi connectivity index (χ3v) is 4.40. The van der Waals surface area contributed by atoms with Crippen molar-refractivity contribution in [3.63, 3.8) is 0 Å². The van der Waals surface area contributed by atoms with E-state index in [1.807, 2.05) is 25.7 Å². The summed E-state index contributed by atoms with van der Waals surface area (Å²) in [6, 6.07) is 8.55. The number of carbonyl (C=O) groups excluding carboxylic acids is 1. The Kier molecular flexibility index (Phi) is 5.69. The molecule has 0 spiro atoms. The molecule has 1 fully saturated rings. The third kappa shape index (κ3) is 4.96. The monoisotopic (exact) mass is 318 g/mol. The van der Waals surface area contributed by atoms with Crippen molar-refractivity contribution in [1.82, 2.24) is 4.90 Å². The van der Waals surface area contributed by atoms with E-state index in [4.69, 9.17) is 10.5 Å². The lowest BCUT2D eigenvalue weighted by atomic mass is 9.81. The van der Waals surface area contributed by atoms with Crippen molar-refractivity contribution in [2.45, 2.75) is 52.1 Å². The van der Waals surface area contributed by atoms with E-state index in [0.717, 1.165) is 25.9 Å². The topological polar surface area (TPSA) is 55.6 Å². The Hall–Kier alpha value is -1.55. The van der Waals surface area contributed by atoms with E-state index in [2.05, 4.69) is 31.2 Å². The Bertz CT molecular complexity index is 536. The molecule has 1 amide bonds. The second-order valence-electron chi connectivity index (χ2n) is 7.58. The lowest BCUT2D eigenvalue weighted by Gasteiger charge is -2.37. The van der Waals surface area contributed by atoms with Crippen LogP contribution in [0.15, 0.2) is 24.3 Å². The molecule has 2 rings (SSSR count). The first-order valence-corrected chi connectivity index (χ1v) is 8.54. The zero-order valence-corrected chi connectivity index (χ0v) is 14.8. The standard InChI is InChI=1S/C19H30N2O2/c1-14-7-5-8-15(11-14)17(12-20)16-9-6-10-21(13-16)18(22)23-19(2,3)4/h5,7-8,11,16-17H,6,9-10,12-13,20H2,1-4H3. The second-order valence-corrected chi connectivity index (χ2v) is 7.58. The van der Waals surface area contributed by atoms with Crippen LogP contribution in [0.3, 0.4) is 0 Å². The summed E-state index contributed by atoms with van der Waals surface area (Å²) < 4.78 is 5.52. The zero-order valence-electron chi connectivity index (χ0n) is 14.8. The molecule has 2 unspecified atom stereocenters. The highest BCUT2D eigenvalue weighted by molar-refractivity contribution is 5.68. The minimum Gasteiger partial charge on any atom is -0.444 e. The summed E-state index contributed by atoms with van der Waals surface area (Å²) in [5.41, 5.74) is 8.16. The molecular weight excluding hydrogens is 288 g/mol. The first-order chi connectivity index (χ1) is 10.8. The number of nitrogens with two attached hydrogens (primary N) is 1. The molecule has 4 heteroatoms. The van der Waals surface area contributed by atoms with Gasteiger partial charge in [-0.25, -0.2) is 4.79 Å². The number of benzene rings is 1. The second kappa shape index (κ2) is 7.35. The largest absolute Gasteiger partial charge is 0.444 e. The Balaban J connectivity index is 2.08. The van der Waals surface area contributed by atoms with Gasteiger partial charge in [0.15, 0.2) is 0 Å². The van der Waals surface area contributed by atoms with Crippen molar-refractivity contribution in [2.75, 3.05) is 19.6 Å². The van der Waals surface area contributed by atoms with Gasteiger partial charge in [0.05, 0.1) is 0 Å². The number of likely N-dealkylation sites (tertiary alicyclic amines) is 1. The van der Waals surface area contributed by atoms with Crippen molar-refractivity contribution < 1.29 is 9.53 Å². The molecule has 1 saturated heterocycles. The maximum atomic E-state index is 12.3. The molecule has 2 N–H and O–H groups in total. The number of nitrogens with zero attached hydrogens (tertiary/aromatic N) is 1. The van der Waals surface area contributed by atoms with Crippen molar-refractivity contribution in [2.24, 2.45) is 11.7 Å². The predicted molar refractivity (Wildman–Crippen MR) is 93.5 cm³/mol. The molecule has 1 aromatic carbocycles.